The molecule has 1 aliphatic heterocycles. The summed E-state index contributed by atoms with van der Waals surface area (Å²) in [7, 11) is 4.05. The molecule has 1 N–H and O–H groups in total. The lowest BCUT2D eigenvalue weighted by molar-refractivity contribution is -0.130. The Balaban J connectivity index is 1.85. The molecule has 1 saturated heterocycles. The van der Waals surface area contributed by atoms with Gasteiger partial charge in [0.15, 0.2) is 0 Å². The average Bonchev–Trinajstić information content (AvgIpc) is 3.01. The van der Waals surface area contributed by atoms with Crippen LogP contribution < -0.4 is 0 Å². The van der Waals surface area contributed by atoms with Crippen molar-refractivity contribution in [1.29, 1.82) is 0 Å². The van der Waals surface area contributed by atoms with E-state index in [0.29, 0.717) is 25.4 Å². The Bertz CT molecular complexity index is 472. The second kappa shape index (κ2) is 7.04. The molecule has 2 rings (SSSR count). The molecular weight excluding hydrogens is 268 g/mol. The number of aliphatic hydroxyl groups is 1. The first kappa shape index (κ1) is 16.0. The van der Waals surface area contributed by atoms with Gasteiger partial charge in [-0.15, -0.1) is 0 Å². The molecule has 1 aromatic rings. The van der Waals surface area contributed by atoms with Gasteiger partial charge >= 0.3 is 0 Å². The van der Waals surface area contributed by atoms with E-state index in [-0.39, 0.29) is 18.4 Å². The Kier molecular flexibility index (Phi) is 5.36. The second-order valence-electron chi connectivity index (χ2n) is 6.29. The number of hydrogen-bond donors (Lipinski definition) is 1. The molecule has 21 heavy (non-hydrogen) atoms. The van der Waals surface area contributed by atoms with Crippen LogP contribution in [0.1, 0.15) is 12.0 Å². The number of aromatic nitrogens is 2. The molecule has 1 amide bonds. The van der Waals surface area contributed by atoms with Gasteiger partial charge in [0.25, 0.3) is 0 Å². The molecule has 0 bridgehead atoms. The van der Waals surface area contributed by atoms with Crippen LogP contribution in [-0.4, -0.2) is 70.9 Å². The molecule has 0 unspecified atom stereocenters. The van der Waals surface area contributed by atoms with Crippen LogP contribution in [0.5, 0.6) is 0 Å². The number of carbonyl (C=O) groups is 1. The van der Waals surface area contributed by atoms with Crippen molar-refractivity contribution < 1.29 is 9.90 Å². The fraction of sp³-hybridized carbons (Fsp3) is 0.733. The third-order valence-electron chi connectivity index (χ3n) is 4.08. The minimum Gasteiger partial charge on any atom is -0.396 e. The highest BCUT2D eigenvalue weighted by molar-refractivity contribution is 5.76. The first-order chi connectivity index (χ1) is 9.99. The molecule has 1 aromatic heterocycles. The zero-order chi connectivity index (χ0) is 15.4. The van der Waals surface area contributed by atoms with Crippen LogP contribution in [0, 0.1) is 18.8 Å². The number of rotatable bonds is 6. The van der Waals surface area contributed by atoms with Crippen molar-refractivity contribution in [2.75, 3.05) is 40.3 Å². The van der Waals surface area contributed by atoms with Crippen LogP contribution in [-0.2, 0) is 11.3 Å². The zero-order valence-corrected chi connectivity index (χ0v) is 13.2. The highest BCUT2D eigenvalue weighted by Gasteiger charge is 2.34. The van der Waals surface area contributed by atoms with Gasteiger partial charge in [0.2, 0.25) is 5.91 Å². The van der Waals surface area contributed by atoms with Crippen LogP contribution in [0.2, 0.25) is 0 Å². The monoisotopic (exact) mass is 294 g/mol. The molecule has 6 heteroatoms. The molecule has 1 fully saturated rings. The van der Waals surface area contributed by atoms with Crippen molar-refractivity contribution in [3.63, 3.8) is 0 Å². The van der Waals surface area contributed by atoms with Gasteiger partial charge in [0.05, 0.1) is 6.20 Å². The quantitative estimate of drug-likeness (QED) is 0.815. The summed E-state index contributed by atoms with van der Waals surface area (Å²) in [6.45, 7) is 5.09. The standard InChI is InChI=1S/C15H26N4O2/c1-12-6-16-19(7-12)5-4-15(21)18-9-13(8-17(2)3)14(10-18)11-20/h6-7,13-14,20H,4-5,8-11H2,1-3H3/t13-,14-/m1/s1. The predicted molar refractivity (Wildman–Crippen MR) is 80.8 cm³/mol. The smallest absolute Gasteiger partial charge is 0.224 e. The third kappa shape index (κ3) is 4.28. The fourth-order valence-corrected chi connectivity index (χ4v) is 2.98. The minimum absolute atomic E-state index is 0.153. The third-order valence-corrected chi connectivity index (χ3v) is 4.08. The van der Waals surface area contributed by atoms with Crippen LogP contribution in [0.25, 0.3) is 0 Å². The van der Waals surface area contributed by atoms with E-state index in [1.165, 1.54) is 0 Å². The summed E-state index contributed by atoms with van der Waals surface area (Å²) < 4.78 is 1.81. The van der Waals surface area contributed by atoms with Gasteiger partial charge in [-0.2, -0.15) is 5.10 Å². The van der Waals surface area contributed by atoms with Crippen molar-refractivity contribution in [3.05, 3.63) is 18.0 Å². The highest BCUT2D eigenvalue weighted by Crippen LogP contribution is 2.24. The summed E-state index contributed by atoms with van der Waals surface area (Å²) in [6.07, 6.45) is 4.21. The second-order valence-corrected chi connectivity index (χ2v) is 6.29. The number of hydrogen-bond acceptors (Lipinski definition) is 4. The van der Waals surface area contributed by atoms with Crippen LogP contribution in [0.4, 0.5) is 0 Å². The predicted octanol–water partition coefficient (Wildman–Crippen LogP) is 0.210. The van der Waals surface area contributed by atoms with Crippen molar-refractivity contribution in [2.45, 2.75) is 19.9 Å². The lowest BCUT2D eigenvalue weighted by Crippen LogP contribution is -2.31. The molecule has 0 spiro atoms. The molecule has 0 saturated carbocycles. The topological polar surface area (TPSA) is 61.6 Å². The van der Waals surface area contributed by atoms with Crippen molar-refractivity contribution in [3.8, 4) is 0 Å². The molecule has 0 aromatic carbocycles. The van der Waals surface area contributed by atoms with Crippen molar-refractivity contribution >= 4 is 5.91 Å². The summed E-state index contributed by atoms with van der Waals surface area (Å²) in [4.78, 5) is 16.3. The molecule has 118 valence electrons. The molecule has 2 heterocycles. The summed E-state index contributed by atoms with van der Waals surface area (Å²) >= 11 is 0. The summed E-state index contributed by atoms with van der Waals surface area (Å²) in [5, 5.41) is 13.7. The molecule has 0 radical (unpaired) electrons. The summed E-state index contributed by atoms with van der Waals surface area (Å²) in [6, 6.07) is 0. The Morgan fingerprint density at radius 3 is 2.71 bits per heavy atom. The van der Waals surface area contributed by atoms with E-state index in [9.17, 15) is 9.90 Å². The summed E-state index contributed by atoms with van der Waals surface area (Å²) in [5.41, 5.74) is 1.11. The van der Waals surface area contributed by atoms with Gasteiger partial charge < -0.3 is 14.9 Å². The van der Waals surface area contributed by atoms with E-state index in [2.05, 4.69) is 10.00 Å². The maximum absolute atomic E-state index is 12.3. The van der Waals surface area contributed by atoms with Crippen LogP contribution in [0.15, 0.2) is 12.4 Å². The highest BCUT2D eigenvalue weighted by atomic mass is 16.3. The fourth-order valence-electron chi connectivity index (χ4n) is 2.98. The number of carbonyl (C=O) groups excluding carboxylic acids is 1. The number of nitrogens with zero attached hydrogens (tertiary/aromatic N) is 4. The largest absolute Gasteiger partial charge is 0.396 e. The van der Waals surface area contributed by atoms with Gasteiger partial charge in [-0.25, -0.2) is 0 Å². The Hall–Kier alpha value is -1.40. The Morgan fingerprint density at radius 2 is 2.14 bits per heavy atom. The average molecular weight is 294 g/mol. The number of aliphatic hydroxyl groups excluding tert-OH is 1. The van der Waals surface area contributed by atoms with Gasteiger partial charge in [-0.3, -0.25) is 9.48 Å². The maximum atomic E-state index is 12.3. The van der Waals surface area contributed by atoms with E-state index < -0.39 is 0 Å². The number of likely N-dealkylation sites (tertiary alicyclic amines) is 1. The molecule has 2 atom stereocenters. The van der Waals surface area contributed by atoms with E-state index >= 15 is 0 Å². The van der Waals surface area contributed by atoms with Gasteiger partial charge in [-0.05, 0) is 32.5 Å². The van der Waals surface area contributed by atoms with Crippen LogP contribution in [0.3, 0.4) is 0 Å². The zero-order valence-electron chi connectivity index (χ0n) is 13.2. The molecule has 1 aliphatic rings. The number of amides is 1. The molecular formula is C15H26N4O2. The van der Waals surface area contributed by atoms with E-state index in [1.807, 2.05) is 36.8 Å². The Labute approximate surface area is 126 Å². The first-order valence-corrected chi connectivity index (χ1v) is 7.52. The molecule has 0 aliphatic carbocycles. The first-order valence-electron chi connectivity index (χ1n) is 7.52. The maximum Gasteiger partial charge on any atom is 0.224 e. The van der Waals surface area contributed by atoms with Crippen LogP contribution >= 0.6 is 0 Å². The molecule has 6 nitrogen and oxygen atoms in total. The lowest BCUT2D eigenvalue weighted by Gasteiger charge is -2.20. The lowest BCUT2D eigenvalue weighted by atomic mass is 9.97. The van der Waals surface area contributed by atoms with E-state index in [4.69, 9.17) is 0 Å². The minimum atomic E-state index is 0.153. The van der Waals surface area contributed by atoms with Gasteiger partial charge in [0.1, 0.15) is 0 Å². The normalized spacial score (nSPS) is 22.2. The van der Waals surface area contributed by atoms with E-state index in [0.717, 1.165) is 18.7 Å². The summed E-state index contributed by atoms with van der Waals surface area (Å²) in [5.74, 6) is 0.715. The SMILES string of the molecule is Cc1cnn(CCC(=O)N2C[C@@H](CN(C)C)[C@@H](CO)C2)c1. The number of aryl methyl sites for hydroxylation is 2. The van der Waals surface area contributed by atoms with Gasteiger partial charge in [-0.1, -0.05) is 0 Å². The van der Waals surface area contributed by atoms with Crippen molar-refractivity contribution in [1.82, 2.24) is 19.6 Å². The Morgan fingerprint density at radius 1 is 1.43 bits per heavy atom. The van der Waals surface area contributed by atoms with Gasteiger partial charge in [0, 0.05) is 51.3 Å². The van der Waals surface area contributed by atoms with E-state index in [1.54, 1.807) is 6.20 Å². The van der Waals surface area contributed by atoms with Crippen molar-refractivity contribution in [2.24, 2.45) is 11.8 Å².